The van der Waals surface area contributed by atoms with Crippen LogP contribution in [0.4, 0.5) is 0 Å². The van der Waals surface area contributed by atoms with Crippen molar-refractivity contribution < 1.29 is 9.47 Å². The summed E-state index contributed by atoms with van der Waals surface area (Å²) in [4.78, 5) is 0. The maximum atomic E-state index is 5.82. The molecular formula is C14H19NO2. The highest BCUT2D eigenvalue weighted by molar-refractivity contribution is 5.44. The first-order valence-electron chi connectivity index (χ1n) is 6.42. The average Bonchev–Trinajstić information content (AvgIpc) is 3.01. The van der Waals surface area contributed by atoms with Gasteiger partial charge >= 0.3 is 0 Å². The third-order valence-corrected chi connectivity index (χ3v) is 3.54. The number of benzene rings is 1. The van der Waals surface area contributed by atoms with Crippen molar-refractivity contribution >= 4 is 0 Å². The van der Waals surface area contributed by atoms with E-state index in [0.717, 1.165) is 24.6 Å². The van der Waals surface area contributed by atoms with E-state index in [4.69, 9.17) is 9.47 Å². The molecule has 1 atom stereocenters. The van der Waals surface area contributed by atoms with Crippen molar-refractivity contribution in [1.82, 2.24) is 5.32 Å². The first-order valence-corrected chi connectivity index (χ1v) is 6.42. The predicted molar refractivity (Wildman–Crippen MR) is 66.9 cm³/mol. The van der Waals surface area contributed by atoms with Crippen LogP contribution in [-0.2, 0) is 0 Å². The van der Waals surface area contributed by atoms with E-state index in [0.29, 0.717) is 12.0 Å². The van der Waals surface area contributed by atoms with Crippen LogP contribution in [0.3, 0.4) is 0 Å². The minimum atomic E-state index is 0.419. The second kappa shape index (κ2) is 4.57. The molecule has 0 aromatic heterocycles. The first kappa shape index (κ1) is 10.9. The lowest BCUT2D eigenvalue weighted by Crippen LogP contribution is -2.08. The highest BCUT2D eigenvalue weighted by Gasteiger charge is 2.25. The zero-order chi connectivity index (χ0) is 11.7. The topological polar surface area (TPSA) is 30.5 Å². The maximum Gasteiger partial charge on any atom is 0.161 e. The first-order chi connectivity index (χ1) is 8.36. The Balaban J connectivity index is 1.81. The minimum Gasteiger partial charge on any atom is -0.493 e. The fourth-order valence-corrected chi connectivity index (χ4v) is 2.34. The Morgan fingerprint density at radius 1 is 1.18 bits per heavy atom. The fourth-order valence-electron chi connectivity index (χ4n) is 2.34. The molecule has 0 radical (unpaired) electrons. The predicted octanol–water partition coefficient (Wildman–Crippen LogP) is 2.31. The zero-order valence-electron chi connectivity index (χ0n) is 10.2. The number of nitrogens with one attached hydrogen (secondary N) is 1. The molecule has 1 aromatic rings. The molecule has 2 aliphatic rings. The summed E-state index contributed by atoms with van der Waals surface area (Å²) in [6, 6.07) is 6.37. The Morgan fingerprint density at radius 2 is 2.06 bits per heavy atom. The summed E-state index contributed by atoms with van der Waals surface area (Å²) in [5, 5.41) is 3.39. The molecule has 3 heteroatoms. The van der Waals surface area contributed by atoms with Crippen molar-refractivity contribution in [3.05, 3.63) is 23.8 Å². The molecule has 17 heavy (non-hydrogen) atoms. The van der Waals surface area contributed by atoms with Gasteiger partial charge in [-0.25, -0.2) is 0 Å². The number of methoxy groups -OCH3 is 1. The van der Waals surface area contributed by atoms with Gasteiger partial charge in [0, 0.05) is 6.54 Å². The van der Waals surface area contributed by atoms with Crippen LogP contribution in [0.5, 0.6) is 11.5 Å². The minimum absolute atomic E-state index is 0.419. The van der Waals surface area contributed by atoms with Crippen LogP contribution in [0, 0.1) is 0 Å². The molecule has 1 aromatic carbocycles. The van der Waals surface area contributed by atoms with Gasteiger partial charge in [0.05, 0.1) is 13.2 Å². The van der Waals surface area contributed by atoms with Crippen LogP contribution >= 0.6 is 0 Å². The molecule has 1 saturated carbocycles. The second-order valence-electron chi connectivity index (χ2n) is 4.92. The normalized spacial score (nSPS) is 23.7. The van der Waals surface area contributed by atoms with Crippen LogP contribution in [0.1, 0.15) is 30.7 Å². The molecule has 1 unspecified atom stereocenters. The van der Waals surface area contributed by atoms with Crippen molar-refractivity contribution in [2.45, 2.75) is 31.3 Å². The maximum absolute atomic E-state index is 5.82. The Bertz CT molecular complexity index is 395. The lowest BCUT2D eigenvalue weighted by molar-refractivity contribution is 0.282. The lowest BCUT2D eigenvalue weighted by Gasteiger charge is -2.14. The Morgan fingerprint density at radius 3 is 2.71 bits per heavy atom. The Hall–Kier alpha value is -1.22. The molecule has 1 N–H and O–H groups in total. The van der Waals surface area contributed by atoms with Gasteiger partial charge in [-0.15, -0.1) is 0 Å². The molecule has 1 aliphatic heterocycles. The smallest absolute Gasteiger partial charge is 0.161 e. The number of ether oxygens (including phenoxy) is 2. The summed E-state index contributed by atoms with van der Waals surface area (Å²) in [5.74, 6) is 2.39. The molecule has 1 heterocycles. The third kappa shape index (κ3) is 2.39. The molecule has 0 spiro atoms. The van der Waals surface area contributed by atoms with Crippen LogP contribution in [-0.4, -0.2) is 26.3 Å². The Labute approximate surface area is 102 Å². The van der Waals surface area contributed by atoms with E-state index >= 15 is 0 Å². The number of hydrogen-bond acceptors (Lipinski definition) is 3. The number of rotatable bonds is 4. The van der Waals surface area contributed by atoms with E-state index in [1.807, 2.05) is 0 Å². The Kier molecular flexibility index (Phi) is 2.93. The van der Waals surface area contributed by atoms with Crippen LogP contribution in [0.2, 0.25) is 0 Å². The summed E-state index contributed by atoms with van der Waals surface area (Å²) in [7, 11) is 1.71. The van der Waals surface area contributed by atoms with Gasteiger partial charge in [-0.2, -0.15) is 0 Å². The van der Waals surface area contributed by atoms with Gasteiger partial charge in [-0.05, 0) is 49.4 Å². The molecule has 2 fully saturated rings. The molecule has 1 aliphatic carbocycles. The standard InChI is InChI=1S/C14H19NO2/c1-16-14-8-10(11-6-7-15-9-11)2-5-13(14)17-12-3-4-12/h2,5,8,11-12,15H,3-4,6-7,9H2,1H3. The summed E-state index contributed by atoms with van der Waals surface area (Å²) in [6.45, 7) is 2.19. The fraction of sp³-hybridized carbons (Fsp3) is 0.571. The number of hydrogen-bond donors (Lipinski definition) is 1. The average molecular weight is 233 g/mol. The molecule has 3 rings (SSSR count). The zero-order valence-corrected chi connectivity index (χ0v) is 10.2. The molecule has 0 amide bonds. The molecule has 0 bridgehead atoms. The third-order valence-electron chi connectivity index (χ3n) is 3.54. The van der Waals surface area contributed by atoms with Gasteiger partial charge in [0.2, 0.25) is 0 Å². The van der Waals surface area contributed by atoms with Gasteiger partial charge in [0.25, 0.3) is 0 Å². The largest absolute Gasteiger partial charge is 0.493 e. The van der Waals surface area contributed by atoms with Crippen molar-refractivity contribution in [1.29, 1.82) is 0 Å². The van der Waals surface area contributed by atoms with Crippen LogP contribution < -0.4 is 14.8 Å². The monoisotopic (exact) mass is 233 g/mol. The second-order valence-corrected chi connectivity index (χ2v) is 4.92. The quantitative estimate of drug-likeness (QED) is 0.865. The SMILES string of the molecule is COc1cc(C2CCNC2)ccc1OC1CC1. The van der Waals surface area contributed by atoms with E-state index in [1.165, 1.54) is 24.8 Å². The summed E-state index contributed by atoms with van der Waals surface area (Å²) in [5.41, 5.74) is 1.36. The summed E-state index contributed by atoms with van der Waals surface area (Å²) in [6.07, 6.45) is 3.99. The van der Waals surface area contributed by atoms with E-state index in [1.54, 1.807) is 7.11 Å². The van der Waals surface area contributed by atoms with Crippen molar-refractivity contribution in [2.75, 3.05) is 20.2 Å². The van der Waals surface area contributed by atoms with Crippen molar-refractivity contribution in [2.24, 2.45) is 0 Å². The van der Waals surface area contributed by atoms with Crippen molar-refractivity contribution in [3.8, 4) is 11.5 Å². The van der Waals surface area contributed by atoms with Gasteiger partial charge in [0.1, 0.15) is 0 Å². The van der Waals surface area contributed by atoms with Gasteiger partial charge < -0.3 is 14.8 Å². The van der Waals surface area contributed by atoms with Gasteiger partial charge in [0.15, 0.2) is 11.5 Å². The van der Waals surface area contributed by atoms with E-state index in [9.17, 15) is 0 Å². The van der Waals surface area contributed by atoms with E-state index < -0.39 is 0 Å². The van der Waals surface area contributed by atoms with Crippen LogP contribution in [0.15, 0.2) is 18.2 Å². The lowest BCUT2D eigenvalue weighted by atomic mass is 9.98. The highest BCUT2D eigenvalue weighted by Crippen LogP contribution is 2.36. The van der Waals surface area contributed by atoms with E-state index in [2.05, 4.69) is 23.5 Å². The molecule has 1 saturated heterocycles. The van der Waals surface area contributed by atoms with E-state index in [-0.39, 0.29) is 0 Å². The highest BCUT2D eigenvalue weighted by atomic mass is 16.5. The van der Waals surface area contributed by atoms with Gasteiger partial charge in [-0.1, -0.05) is 6.07 Å². The summed E-state index contributed by atoms with van der Waals surface area (Å²) >= 11 is 0. The molecule has 92 valence electrons. The molecule has 3 nitrogen and oxygen atoms in total. The van der Waals surface area contributed by atoms with Crippen molar-refractivity contribution in [3.63, 3.8) is 0 Å². The van der Waals surface area contributed by atoms with Crippen LogP contribution in [0.25, 0.3) is 0 Å². The molecular weight excluding hydrogens is 214 g/mol. The summed E-state index contributed by atoms with van der Waals surface area (Å²) < 4.78 is 11.3. The van der Waals surface area contributed by atoms with Gasteiger partial charge in [-0.3, -0.25) is 0 Å².